The van der Waals surface area contributed by atoms with Gasteiger partial charge in [-0.25, -0.2) is 15.0 Å². The van der Waals surface area contributed by atoms with E-state index in [9.17, 15) is 0 Å². The van der Waals surface area contributed by atoms with Crippen LogP contribution >= 0.6 is 0 Å². The van der Waals surface area contributed by atoms with Gasteiger partial charge in [0.2, 0.25) is 5.72 Å². The van der Waals surface area contributed by atoms with Crippen LogP contribution in [0.3, 0.4) is 0 Å². The van der Waals surface area contributed by atoms with Gasteiger partial charge in [-0.2, -0.15) is 0 Å². The predicted molar refractivity (Wildman–Crippen MR) is 77.8 cm³/mol. The SMILES string of the molecule is CC[C@H]1OC[C@@]2(n3cnc4c(N)ncnc43)OC(C)(C)O[C@H]12. The Morgan fingerprint density at radius 3 is 2.95 bits per heavy atom. The molecule has 0 spiro atoms. The molecule has 8 nitrogen and oxygen atoms in total. The quantitative estimate of drug-likeness (QED) is 0.884. The lowest BCUT2D eigenvalue weighted by Crippen LogP contribution is -2.44. The van der Waals surface area contributed by atoms with Crippen LogP contribution in [0.1, 0.15) is 27.2 Å². The summed E-state index contributed by atoms with van der Waals surface area (Å²) in [6.07, 6.45) is 3.69. The van der Waals surface area contributed by atoms with Crippen molar-refractivity contribution >= 4 is 17.0 Å². The van der Waals surface area contributed by atoms with Crippen molar-refractivity contribution < 1.29 is 14.2 Å². The van der Waals surface area contributed by atoms with Gasteiger partial charge >= 0.3 is 0 Å². The fourth-order valence-corrected chi connectivity index (χ4v) is 3.42. The van der Waals surface area contributed by atoms with Crippen molar-refractivity contribution in [2.75, 3.05) is 12.3 Å². The molecule has 0 unspecified atom stereocenters. The zero-order valence-electron chi connectivity index (χ0n) is 12.8. The van der Waals surface area contributed by atoms with Crippen LogP contribution in [0.2, 0.25) is 0 Å². The second-order valence-electron chi connectivity index (χ2n) is 6.19. The van der Waals surface area contributed by atoms with E-state index >= 15 is 0 Å². The van der Waals surface area contributed by atoms with Crippen molar-refractivity contribution in [3.8, 4) is 0 Å². The second-order valence-corrected chi connectivity index (χ2v) is 6.19. The molecule has 2 N–H and O–H groups in total. The smallest absolute Gasteiger partial charge is 0.203 e. The average Bonchev–Trinajstić information content (AvgIpc) is 3.08. The zero-order valence-corrected chi connectivity index (χ0v) is 12.8. The Morgan fingerprint density at radius 2 is 2.18 bits per heavy atom. The molecule has 4 rings (SSSR count). The number of nitrogens with zero attached hydrogens (tertiary/aromatic N) is 4. The lowest BCUT2D eigenvalue weighted by molar-refractivity contribution is -0.205. The average molecular weight is 305 g/mol. The van der Waals surface area contributed by atoms with Gasteiger partial charge in [0.1, 0.15) is 17.9 Å². The molecule has 8 heteroatoms. The molecule has 3 atom stereocenters. The standard InChI is InChI=1S/C14H19N5O3/c1-4-8-10-14(5-20-8,22-13(2,3)21-10)19-7-18-9-11(15)16-6-17-12(9)19/h6-8,10H,4-5H2,1-3H3,(H2,15,16,17)/t8-,10-,14-/m1/s1. The molecular formula is C14H19N5O3. The van der Waals surface area contributed by atoms with E-state index in [1.54, 1.807) is 6.33 Å². The molecule has 2 saturated heterocycles. The van der Waals surface area contributed by atoms with Crippen LogP contribution in [0.25, 0.3) is 11.2 Å². The van der Waals surface area contributed by atoms with E-state index in [4.69, 9.17) is 19.9 Å². The zero-order chi connectivity index (χ0) is 15.5. The van der Waals surface area contributed by atoms with Crippen LogP contribution in [0.4, 0.5) is 5.82 Å². The molecule has 4 heterocycles. The number of anilines is 1. The summed E-state index contributed by atoms with van der Waals surface area (Å²) < 4.78 is 20.1. The van der Waals surface area contributed by atoms with Crippen LogP contribution in [0.5, 0.6) is 0 Å². The van der Waals surface area contributed by atoms with E-state index in [2.05, 4.69) is 21.9 Å². The summed E-state index contributed by atoms with van der Waals surface area (Å²) in [7, 11) is 0. The van der Waals surface area contributed by atoms with Crippen LogP contribution in [-0.4, -0.2) is 44.1 Å². The van der Waals surface area contributed by atoms with Crippen molar-refractivity contribution in [2.24, 2.45) is 0 Å². The first kappa shape index (κ1) is 13.9. The summed E-state index contributed by atoms with van der Waals surface area (Å²) in [4.78, 5) is 12.6. The topological polar surface area (TPSA) is 97.3 Å². The Morgan fingerprint density at radius 1 is 1.36 bits per heavy atom. The molecule has 118 valence electrons. The van der Waals surface area contributed by atoms with E-state index in [-0.39, 0.29) is 12.2 Å². The first-order chi connectivity index (χ1) is 10.5. The van der Waals surface area contributed by atoms with Crippen LogP contribution in [0, 0.1) is 0 Å². The minimum absolute atomic E-state index is 0.0293. The van der Waals surface area contributed by atoms with Gasteiger partial charge in [0, 0.05) is 0 Å². The van der Waals surface area contributed by atoms with Gasteiger partial charge in [-0.1, -0.05) is 6.92 Å². The first-order valence-electron chi connectivity index (χ1n) is 7.40. The maximum atomic E-state index is 6.26. The van der Waals surface area contributed by atoms with Gasteiger partial charge in [-0.15, -0.1) is 0 Å². The summed E-state index contributed by atoms with van der Waals surface area (Å²) in [6, 6.07) is 0. The highest BCUT2D eigenvalue weighted by Crippen LogP contribution is 2.48. The molecular weight excluding hydrogens is 286 g/mol. The Kier molecular flexibility index (Phi) is 2.76. The van der Waals surface area contributed by atoms with Crippen LogP contribution < -0.4 is 5.73 Å². The van der Waals surface area contributed by atoms with Crippen molar-refractivity contribution in [2.45, 2.75) is 50.9 Å². The van der Waals surface area contributed by atoms with Crippen LogP contribution in [0.15, 0.2) is 12.7 Å². The Balaban J connectivity index is 1.90. The van der Waals surface area contributed by atoms with Gasteiger partial charge in [-0.3, -0.25) is 4.57 Å². The van der Waals surface area contributed by atoms with E-state index in [1.807, 2.05) is 18.4 Å². The van der Waals surface area contributed by atoms with Crippen LogP contribution in [-0.2, 0) is 19.9 Å². The molecule has 2 aromatic rings. The lowest BCUT2D eigenvalue weighted by Gasteiger charge is -2.28. The molecule has 0 saturated carbocycles. The van der Waals surface area contributed by atoms with Crippen molar-refractivity contribution in [1.29, 1.82) is 0 Å². The second kappa shape index (κ2) is 4.37. The number of fused-ring (bicyclic) bond motifs is 2. The number of hydrogen-bond donors (Lipinski definition) is 1. The third kappa shape index (κ3) is 1.71. The molecule has 2 aliphatic rings. The monoisotopic (exact) mass is 305 g/mol. The summed E-state index contributed by atoms with van der Waals surface area (Å²) >= 11 is 0. The highest BCUT2D eigenvalue weighted by Gasteiger charge is 2.62. The van der Waals surface area contributed by atoms with Gasteiger partial charge in [0.15, 0.2) is 17.3 Å². The van der Waals surface area contributed by atoms with Crippen molar-refractivity contribution in [1.82, 2.24) is 19.5 Å². The maximum absolute atomic E-state index is 6.26. The third-order valence-electron chi connectivity index (χ3n) is 4.29. The number of ether oxygens (including phenoxy) is 3. The van der Waals surface area contributed by atoms with Crippen molar-refractivity contribution in [3.05, 3.63) is 12.7 Å². The van der Waals surface area contributed by atoms with Gasteiger partial charge in [-0.05, 0) is 20.3 Å². The largest absolute Gasteiger partial charge is 0.382 e. The number of nitrogens with two attached hydrogens (primary N) is 1. The summed E-state index contributed by atoms with van der Waals surface area (Å²) in [6.45, 7) is 6.26. The first-order valence-corrected chi connectivity index (χ1v) is 7.40. The fourth-order valence-electron chi connectivity index (χ4n) is 3.42. The van der Waals surface area contributed by atoms with Gasteiger partial charge in [0.05, 0.1) is 19.0 Å². The number of nitrogen functional groups attached to an aromatic ring is 1. The normalized spacial score (nSPS) is 33.4. The Hall–Kier alpha value is -1.77. The number of hydrogen-bond acceptors (Lipinski definition) is 7. The summed E-state index contributed by atoms with van der Waals surface area (Å²) in [5, 5.41) is 0. The predicted octanol–water partition coefficient (Wildman–Crippen LogP) is 1.02. The van der Waals surface area contributed by atoms with E-state index < -0.39 is 11.5 Å². The molecule has 0 aromatic carbocycles. The van der Waals surface area contributed by atoms with E-state index in [0.29, 0.717) is 23.6 Å². The maximum Gasteiger partial charge on any atom is 0.203 e. The van der Waals surface area contributed by atoms with Gasteiger partial charge in [0.25, 0.3) is 0 Å². The summed E-state index contributed by atoms with van der Waals surface area (Å²) in [5.41, 5.74) is 6.28. The molecule has 0 radical (unpaired) electrons. The molecule has 2 fully saturated rings. The molecule has 2 aromatic heterocycles. The number of imidazole rings is 1. The fraction of sp³-hybridized carbons (Fsp3) is 0.643. The highest BCUT2D eigenvalue weighted by molar-refractivity contribution is 5.81. The summed E-state index contributed by atoms with van der Waals surface area (Å²) in [5.74, 6) is -0.349. The van der Waals surface area contributed by atoms with Gasteiger partial charge < -0.3 is 19.9 Å². The third-order valence-corrected chi connectivity index (χ3v) is 4.29. The molecule has 0 aliphatic carbocycles. The molecule has 0 amide bonds. The van der Waals surface area contributed by atoms with Crippen molar-refractivity contribution in [3.63, 3.8) is 0 Å². The minimum atomic E-state index is -0.778. The Labute approximate surface area is 127 Å². The number of rotatable bonds is 2. The lowest BCUT2D eigenvalue weighted by atomic mass is 10.0. The number of aromatic nitrogens is 4. The highest BCUT2D eigenvalue weighted by atomic mass is 16.8. The van der Waals surface area contributed by atoms with E-state index in [0.717, 1.165) is 6.42 Å². The molecule has 0 bridgehead atoms. The van der Waals surface area contributed by atoms with E-state index in [1.165, 1.54) is 6.33 Å². The Bertz CT molecular complexity index is 730. The molecule has 2 aliphatic heterocycles. The molecule has 22 heavy (non-hydrogen) atoms. The minimum Gasteiger partial charge on any atom is -0.382 e.